The van der Waals surface area contributed by atoms with Gasteiger partial charge in [-0.05, 0) is 31.0 Å². The molecule has 1 aromatic heterocycles. The minimum atomic E-state index is -0.337. The summed E-state index contributed by atoms with van der Waals surface area (Å²) in [6.07, 6.45) is 4.57. The van der Waals surface area contributed by atoms with Crippen LogP contribution in [0.25, 0.3) is 0 Å². The van der Waals surface area contributed by atoms with E-state index >= 15 is 0 Å². The third-order valence-corrected chi connectivity index (χ3v) is 4.44. The van der Waals surface area contributed by atoms with Gasteiger partial charge in [0.05, 0.1) is 0 Å². The van der Waals surface area contributed by atoms with Crippen LogP contribution in [0.1, 0.15) is 28.8 Å². The van der Waals surface area contributed by atoms with E-state index in [-0.39, 0.29) is 30.3 Å². The number of halogens is 1. The van der Waals surface area contributed by atoms with E-state index in [2.05, 4.69) is 15.6 Å². The number of nitrogens with one attached hydrogen (secondary N) is 2. The molecule has 1 aliphatic heterocycles. The van der Waals surface area contributed by atoms with E-state index in [1.54, 1.807) is 47.6 Å². The number of amides is 3. The van der Waals surface area contributed by atoms with Crippen molar-refractivity contribution in [1.82, 2.24) is 20.5 Å². The van der Waals surface area contributed by atoms with Crippen LogP contribution in [0.2, 0.25) is 0 Å². The third-order valence-electron chi connectivity index (χ3n) is 4.44. The Morgan fingerprint density at radius 2 is 1.81 bits per heavy atom. The highest BCUT2D eigenvalue weighted by Gasteiger charge is 2.24. The lowest BCUT2D eigenvalue weighted by molar-refractivity contribution is 0.0708. The minimum absolute atomic E-state index is 0.00268. The molecule has 2 N–H and O–H groups in total. The second-order valence-electron chi connectivity index (χ2n) is 6.22. The predicted molar refractivity (Wildman–Crippen MR) is 94.9 cm³/mol. The van der Waals surface area contributed by atoms with Gasteiger partial charge in [-0.15, -0.1) is 0 Å². The largest absolute Gasteiger partial charge is 0.338 e. The Morgan fingerprint density at radius 3 is 2.50 bits per heavy atom. The van der Waals surface area contributed by atoms with Crippen molar-refractivity contribution in [3.8, 4) is 0 Å². The fraction of sp³-hybridized carbons (Fsp3) is 0.316. The molecule has 1 aliphatic rings. The maximum Gasteiger partial charge on any atom is 0.315 e. The number of aromatic nitrogens is 1. The summed E-state index contributed by atoms with van der Waals surface area (Å²) in [5.41, 5.74) is 1.06. The van der Waals surface area contributed by atoms with Gasteiger partial charge in [-0.25, -0.2) is 9.18 Å². The van der Waals surface area contributed by atoms with Gasteiger partial charge in [-0.1, -0.05) is 18.2 Å². The number of hydrogen-bond donors (Lipinski definition) is 2. The Hall–Kier alpha value is -2.96. The monoisotopic (exact) mass is 356 g/mol. The number of rotatable bonds is 4. The number of benzene rings is 1. The van der Waals surface area contributed by atoms with Crippen molar-refractivity contribution in [2.75, 3.05) is 13.1 Å². The van der Waals surface area contributed by atoms with Gasteiger partial charge in [-0.2, -0.15) is 0 Å². The summed E-state index contributed by atoms with van der Waals surface area (Å²) in [6.45, 7) is 1.30. The van der Waals surface area contributed by atoms with E-state index in [9.17, 15) is 14.0 Å². The maximum atomic E-state index is 13.5. The van der Waals surface area contributed by atoms with E-state index in [4.69, 9.17) is 0 Å². The maximum absolute atomic E-state index is 13.5. The molecule has 1 aromatic carbocycles. The summed E-state index contributed by atoms with van der Waals surface area (Å²) in [5, 5.41) is 5.56. The highest BCUT2D eigenvalue weighted by molar-refractivity contribution is 5.94. The van der Waals surface area contributed by atoms with Crippen LogP contribution in [0, 0.1) is 5.82 Å². The highest BCUT2D eigenvalue weighted by atomic mass is 19.1. The molecule has 7 heteroatoms. The molecular weight excluding hydrogens is 335 g/mol. The quantitative estimate of drug-likeness (QED) is 0.883. The molecule has 3 rings (SSSR count). The first-order valence-electron chi connectivity index (χ1n) is 8.60. The van der Waals surface area contributed by atoms with Crippen molar-refractivity contribution >= 4 is 11.9 Å². The molecule has 136 valence electrons. The minimum Gasteiger partial charge on any atom is -0.338 e. The van der Waals surface area contributed by atoms with Gasteiger partial charge in [0.1, 0.15) is 5.82 Å². The van der Waals surface area contributed by atoms with Crippen molar-refractivity contribution < 1.29 is 14.0 Å². The zero-order chi connectivity index (χ0) is 18.4. The van der Waals surface area contributed by atoms with Crippen molar-refractivity contribution in [2.24, 2.45) is 0 Å². The molecule has 6 nitrogen and oxygen atoms in total. The molecule has 2 heterocycles. The summed E-state index contributed by atoms with van der Waals surface area (Å²) >= 11 is 0. The van der Waals surface area contributed by atoms with Gasteiger partial charge in [0.2, 0.25) is 0 Å². The van der Waals surface area contributed by atoms with Crippen LogP contribution >= 0.6 is 0 Å². The summed E-state index contributed by atoms with van der Waals surface area (Å²) in [5.74, 6) is -0.356. The first-order valence-corrected chi connectivity index (χ1v) is 8.60. The SMILES string of the molecule is O=C(NCc1ccccc1F)NC1CCN(C(=O)c2ccncc2)CC1. The van der Waals surface area contributed by atoms with Crippen molar-refractivity contribution in [3.05, 3.63) is 65.7 Å². The molecule has 0 radical (unpaired) electrons. The fourth-order valence-electron chi connectivity index (χ4n) is 2.96. The normalized spacial score (nSPS) is 14.7. The summed E-state index contributed by atoms with van der Waals surface area (Å²) in [6, 6.07) is 9.41. The zero-order valence-electron chi connectivity index (χ0n) is 14.3. The second kappa shape index (κ2) is 8.42. The van der Waals surface area contributed by atoms with Crippen LogP contribution in [0.15, 0.2) is 48.8 Å². The lowest BCUT2D eigenvalue weighted by atomic mass is 10.0. The Kier molecular flexibility index (Phi) is 5.78. The lowest BCUT2D eigenvalue weighted by Crippen LogP contribution is -2.49. The van der Waals surface area contributed by atoms with Gasteiger partial charge in [-0.3, -0.25) is 9.78 Å². The fourth-order valence-corrected chi connectivity index (χ4v) is 2.96. The average Bonchev–Trinajstić information content (AvgIpc) is 2.68. The first kappa shape index (κ1) is 17.8. The Labute approximate surface area is 151 Å². The predicted octanol–water partition coefficient (Wildman–Crippen LogP) is 2.32. The van der Waals surface area contributed by atoms with Crippen LogP contribution in [0.5, 0.6) is 0 Å². The first-order chi connectivity index (χ1) is 12.6. The third kappa shape index (κ3) is 4.56. The van der Waals surface area contributed by atoms with Crippen LogP contribution in [0.4, 0.5) is 9.18 Å². The zero-order valence-corrected chi connectivity index (χ0v) is 14.3. The molecule has 1 fully saturated rings. The topological polar surface area (TPSA) is 74.3 Å². The number of likely N-dealkylation sites (tertiary alicyclic amines) is 1. The molecule has 0 bridgehead atoms. The molecular formula is C19H21FN4O2. The Bertz CT molecular complexity index is 761. The number of hydrogen-bond acceptors (Lipinski definition) is 3. The molecule has 0 spiro atoms. The van der Waals surface area contributed by atoms with Gasteiger partial charge in [0.15, 0.2) is 0 Å². The van der Waals surface area contributed by atoms with E-state index < -0.39 is 0 Å². The van der Waals surface area contributed by atoms with Crippen molar-refractivity contribution in [1.29, 1.82) is 0 Å². The summed E-state index contributed by atoms with van der Waals surface area (Å²) in [7, 11) is 0. The lowest BCUT2D eigenvalue weighted by Gasteiger charge is -2.32. The van der Waals surface area contributed by atoms with E-state index in [0.29, 0.717) is 37.1 Å². The van der Waals surface area contributed by atoms with E-state index in [1.807, 2.05) is 0 Å². The van der Waals surface area contributed by atoms with Crippen molar-refractivity contribution in [2.45, 2.75) is 25.4 Å². The standard InChI is InChI=1S/C19H21FN4O2/c20-17-4-2-1-3-15(17)13-22-19(26)23-16-7-11-24(12-8-16)18(25)14-5-9-21-10-6-14/h1-6,9-10,16H,7-8,11-13H2,(H2,22,23,26). The molecule has 3 amide bonds. The van der Waals surface area contributed by atoms with Crippen LogP contribution < -0.4 is 10.6 Å². The number of pyridine rings is 1. The van der Waals surface area contributed by atoms with E-state index in [0.717, 1.165) is 0 Å². The molecule has 0 saturated carbocycles. The van der Waals surface area contributed by atoms with Gasteiger partial charge >= 0.3 is 6.03 Å². The summed E-state index contributed by atoms with van der Waals surface area (Å²) < 4.78 is 13.5. The number of nitrogens with zero attached hydrogens (tertiary/aromatic N) is 2. The molecule has 0 aliphatic carbocycles. The van der Waals surface area contributed by atoms with Gasteiger partial charge in [0.25, 0.3) is 5.91 Å². The van der Waals surface area contributed by atoms with Gasteiger partial charge in [0, 0.05) is 49.2 Å². The van der Waals surface area contributed by atoms with E-state index in [1.165, 1.54) is 6.07 Å². The Balaban J connectivity index is 1.43. The second-order valence-corrected chi connectivity index (χ2v) is 6.22. The summed E-state index contributed by atoms with van der Waals surface area (Å²) in [4.78, 5) is 30.1. The number of piperidine rings is 1. The average molecular weight is 356 g/mol. The van der Waals surface area contributed by atoms with Crippen molar-refractivity contribution in [3.63, 3.8) is 0 Å². The number of carbonyl (C=O) groups excluding carboxylic acids is 2. The molecule has 2 aromatic rings. The smallest absolute Gasteiger partial charge is 0.315 e. The Morgan fingerprint density at radius 1 is 1.12 bits per heavy atom. The molecule has 26 heavy (non-hydrogen) atoms. The van der Waals surface area contributed by atoms with Crippen LogP contribution in [-0.2, 0) is 6.54 Å². The number of carbonyl (C=O) groups is 2. The van der Waals surface area contributed by atoms with Gasteiger partial charge < -0.3 is 15.5 Å². The molecule has 0 atom stereocenters. The van der Waals surface area contributed by atoms with Crippen LogP contribution in [-0.4, -0.2) is 41.0 Å². The number of urea groups is 1. The highest BCUT2D eigenvalue weighted by Crippen LogP contribution is 2.14. The molecule has 1 saturated heterocycles. The van der Waals surface area contributed by atoms with Crippen LogP contribution in [0.3, 0.4) is 0 Å². The molecule has 0 unspecified atom stereocenters.